The van der Waals surface area contributed by atoms with Gasteiger partial charge in [-0.1, -0.05) is 23.7 Å². The molecule has 0 aliphatic carbocycles. The fourth-order valence-electron chi connectivity index (χ4n) is 3.88. The highest BCUT2D eigenvalue weighted by atomic mass is 35.5. The minimum atomic E-state index is -4.64. The number of halogens is 4. The van der Waals surface area contributed by atoms with Crippen LogP contribution < -0.4 is 4.90 Å². The molecule has 0 bridgehead atoms. The molecule has 0 amide bonds. The van der Waals surface area contributed by atoms with E-state index in [4.69, 9.17) is 21.1 Å². The van der Waals surface area contributed by atoms with E-state index in [1.807, 2.05) is 17.9 Å². The Labute approximate surface area is 187 Å². The van der Waals surface area contributed by atoms with Crippen LogP contribution in [0, 0.1) is 6.92 Å². The van der Waals surface area contributed by atoms with Gasteiger partial charge in [0.1, 0.15) is 6.10 Å². The Bertz CT molecular complexity index is 1130. The summed E-state index contributed by atoms with van der Waals surface area (Å²) in [6.45, 7) is 4.36. The van der Waals surface area contributed by atoms with E-state index in [9.17, 15) is 18.0 Å². The molecular formula is C22H21ClF3N3O3. The van der Waals surface area contributed by atoms with Gasteiger partial charge < -0.3 is 19.4 Å². The number of benzene rings is 2. The van der Waals surface area contributed by atoms with Crippen molar-refractivity contribution in [3.05, 3.63) is 57.9 Å². The van der Waals surface area contributed by atoms with Crippen molar-refractivity contribution in [2.75, 3.05) is 31.2 Å². The number of alkyl halides is 3. The second kappa shape index (κ2) is 8.99. The molecule has 1 aliphatic heterocycles. The van der Waals surface area contributed by atoms with Crippen molar-refractivity contribution in [1.29, 1.82) is 0 Å². The molecule has 0 saturated carbocycles. The number of anilines is 1. The second-order valence-electron chi connectivity index (χ2n) is 7.56. The lowest BCUT2D eigenvalue weighted by atomic mass is 9.96. The fourth-order valence-corrected chi connectivity index (χ4v) is 4.08. The molecule has 10 heteroatoms. The molecule has 1 N–H and O–H groups in total. The van der Waals surface area contributed by atoms with Crippen LogP contribution >= 0.6 is 11.6 Å². The Morgan fingerprint density at radius 1 is 1.31 bits per heavy atom. The topological polar surface area (TPSA) is 67.4 Å². The van der Waals surface area contributed by atoms with Gasteiger partial charge in [-0.15, -0.1) is 0 Å². The van der Waals surface area contributed by atoms with Gasteiger partial charge in [0, 0.05) is 35.8 Å². The molecule has 1 unspecified atom stereocenters. The van der Waals surface area contributed by atoms with Gasteiger partial charge in [0.05, 0.1) is 24.2 Å². The van der Waals surface area contributed by atoms with Crippen molar-refractivity contribution >= 4 is 34.8 Å². The summed E-state index contributed by atoms with van der Waals surface area (Å²) >= 11 is 6.22. The van der Waals surface area contributed by atoms with Crippen LogP contribution in [0.5, 0.6) is 0 Å². The highest BCUT2D eigenvalue weighted by Gasteiger charge is 2.36. The van der Waals surface area contributed by atoms with Gasteiger partial charge in [-0.3, -0.25) is 4.79 Å². The van der Waals surface area contributed by atoms with E-state index in [1.165, 1.54) is 0 Å². The smallest absolute Gasteiger partial charge is 0.449 e. The Morgan fingerprint density at radius 3 is 2.75 bits per heavy atom. The minimum absolute atomic E-state index is 0.112. The number of nitrogens with zero attached hydrogens (tertiary/aromatic N) is 2. The first-order valence-electron chi connectivity index (χ1n) is 10.0. The third kappa shape index (κ3) is 4.54. The number of fused-ring (bicyclic) bond motifs is 1. The number of nitrogens with one attached hydrogen (secondary N) is 1. The lowest BCUT2D eigenvalue weighted by Crippen LogP contribution is -2.36. The lowest BCUT2D eigenvalue weighted by Gasteiger charge is -2.30. The largest absolute Gasteiger partial charge is 0.459 e. The number of aromatic nitrogens is 2. The summed E-state index contributed by atoms with van der Waals surface area (Å²) in [5, 5.41) is 0.554. The number of imidazole rings is 1. The number of ether oxygens (including phenoxy) is 2. The Balaban J connectivity index is 1.84. The zero-order chi connectivity index (χ0) is 22.9. The van der Waals surface area contributed by atoms with Gasteiger partial charge >= 0.3 is 6.18 Å². The number of morpholine rings is 1. The minimum Gasteiger partial charge on any atom is -0.459 e. The van der Waals surface area contributed by atoms with Gasteiger partial charge in [-0.05, 0) is 36.2 Å². The fraction of sp³-hybridized carbons (Fsp3) is 0.364. The maximum absolute atomic E-state index is 13.4. The van der Waals surface area contributed by atoms with E-state index in [0.717, 1.165) is 11.1 Å². The molecule has 1 aromatic heterocycles. The quantitative estimate of drug-likeness (QED) is 0.526. The van der Waals surface area contributed by atoms with Crippen molar-refractivity contribution in [3.63, 3.8) is 0 Å². The van der Waals surface area contributed by atoms with E-state index < -0.39 is 18.1 Å². The molecule has 2 heterocycles. The number of hydrogen-bond donors (Lipinski definition) is 1. The van der Waals surface area contributed by atoms with E-state index >= 15 is 0 Å². The summed E-state index contributed by atoms with van der Waals surface area (Å²) in [6, 6.07) is 8.74. The molecule has 170 valence electrons. The summed E-state index contributed by atoms with van der Waals surface area (Å²) in [5.74, 6) is -1.10. The summed E-state index contributed by atoms with van der Waals surface area (Å²) in [5.41, 5.74) is 3.06. The second-order valence-corrected chi connectivity index (χ2v) is 7.97. The van der Waals surface area contributed by atoms with Crippen LogP contribution in [0.25, 0.3) is 11.0 Å². The molecule has 1 fully saturated rings. The number of carbonyl (C=O) groups excluding carboxylic acids is 1. The molecule has 3 aromatic rings. The molecule has 4 rings (SSSR count). The molecule has 0 radical (unpaired) electrons. The van der Waals surface area contributed by atoms with Crippen LogP contribution in [0.15, 0.2) is 30.3 Å². The first-order valence-corrected chi connectivity index (χ1v) is 10.4. The summed E-state index contributed by atoms with van der Waals surface area (Å²) in [7, 11) is 0. The maximum atomic E-state index is 13.4. The summed E-state index contributed by atoms with van der Waals surface area (Å²) in [4.78, 5) is 19.5. The molecule has 1 atom stereocenters. The first-order chi connectivity index (χ1) is 15.3. The molecular weight excluding hydrogens is 447 g/mol. The molecule has 32 heavy (non-hydrogen) atoms. The highest BCUT2D eigenvalue weighted by molar-refractivity contribution is 6.31. The third-order valence-electron chi connectivity index (χ3n) is 5.60. The molecule has 2 aromatic carbocycles. The average Bonchev–Trinajstić information content (AvgIpc) is 3.21. The highest BCUT2D eigenvalue weighted by Crippen LogP contribution is 2.36. The predicted octanol–water partition coefficient (Wildman–Crippen LogP) is 4.84. The summed E-state index contributed by atoms with van der Waals surface area (Å²) in [6.07, 6.45) is -5.25. The van der Waals surface area contributed by atoms with Gasteiger partial charge in [0.2, 0.25) is 5.82 Å². The number of rotatable bonds is 6. The van der Waals surface area contributed by atoms with Crippen LogP contribution in [0.3, 0.4) is 0 Å². The Hall–Kier alpha value is -2.78. The standard InChI is InChI=1S/C22H21ClF3N3O3/c1-13-14(3-2-4-17(13)23)9-19(32-12-30)16-10-15(29-5-7-31-8-6-29)11-18-20(16)28-21(27-18)22(24,25)26/h2-4,10-12,19H,5-9H2,1H3,(H,27,28). The van der Waals surface area contributed by atoms with Crippen molar-refractivity contribution in [1.82, 2.24) is 9.97 Å². The summed E-state index contributed by atoms with van der Waals surface area (Å²) < 4.78 is 50.9. The number of hydrogen-bond acceptors (Lipinski definition) is 5. The van der Waals surface area contributed by atoms with E-state index in [1.54, 1.807) is 24.3 Å². The molecule has 0 spiro atoms. The van der Waals surface area contributed by atoms with Crippen LogP contribution in [-0.2, 0) is 26.9 Å². The molecule has 1 aliphatic rings. The Kier molecular flexibility index (Phi) is 6.30. The zero-order valence-electron chi connectivity index (χ0n) is 17.2. The van der Waals surface area contributed by atoms with Gasteiger partial charge in [0.15, 0.2) is 0 Å². The van der Waals surface area contributed by atoms with Crippen molar-refractivity contribution in [2.45, 2.75) is 25.6 Å². The van der Waals surface area contributed by atoms with E-state index in [-0.39, 0.29) is 17.5 Å². The van der Waals surface area contributed by atoms with Crippen LogP contribution in [-0.4, -0.2) is 42.7 Å². The number of aromatic amines is 1. The van der Waals surface area contributed by atoms with Gasteiger partial charge in [-0.2, -0.15) is 13.2 Å². The monoisotopic (exact) mass is 467 g/mol. The average molecular weight is 468 g/mol. The van der Waals surface area contributed by atoms with Crippen LogP contribution in [0.4, 0.5) is 18.9 Å². The van der Waals surface area contributed by atoms with Crippen molar-refractivity contribution < 1.29 is 27.4 Å². The van der Waals surface area contributed by atoms with Crippen molar-refractivity contribution in [2.24, 2.45) is 0 Å². The van der Waals surface area contributed by atoms with Gasteiger partial charge in [0.25, 0.3) is 6.47 Å². The van der Waals surface area contributed by atoms with Crippen LogP contribution in [0.1, 0.15) is 28.6 Å². The number of H-pyrrole nitrogens is 1. The predicted molar refractivity (Wildman–Crippen MR) is 114 cm³/mol. The number of carbonyl (C=O) groups is 1. The van der Waals surface area contributed by atoms with Crippen molar-refractivity contribution in [3.8, 4) is 0 Å². The zero-order valence-corrected chi connectivity index (χ0v) is 18.0. The van der Waals surface area contributed by atoms with E-state index in [2.05, 4.69) is 9.97 Å². The molecule has 1 saturated heterocycles. The van der Waals surface area contributed by atoms with Gasteiger partial charge in [-0.25, -0.2) is 4.98 Å². The van der Waals surface area contributed by atoms with E-state index in [0.29, 0.717) is 49.0 Å². The lowest BCUT2D eigenvalue weighted by molar-refractivity contribution is -0.144. The normalized spacial score (nSPS) is 15.7. The third-order valence-corrected chi connectivity index (χ3v) is 6.01. The molecule has 6 nitrogen and oxygen atoms in total. The maximum Gasteiger partial charge on any atom is 0.449 e. The SMILES string of the molecule is Cc1c(Cl)cccc1CC(OC=O)c1cc(N2CCOCC2)cc2[nH]c(C(F)(F)F)nc12. The van der Waals surface area contributed by atoms with Crippen LogP contribution in [0.2, 0.25) is 5.02 Å². The first kappa shape index (κ1) is 22.4. The Morgan fingerprint density at radius 2 is 2.06 bits per heavy atom.